The van der Waals surface area contributed by atoms with Crippen LogP contribution in [0.4, 0.5) is 5.95 Å². The number of carbonyl (C=O) groups is 1. The van der Waals surface area contributed by atoms with Gasteiger partial charge in [0.15, 0.2) is 0 Å². The first-order valence-corrected chi connectivity index (χ1v) is 9.73. The number of amides is 1. The molecule has 8 heteroatoms. The number of benzene rings is 1. The zero-order valence-corrected chi connectivity index (χ0v) is 16.9. The summed E-state index contributed by atoms with van der Waals surface area (Å²) in [6.45, 7) is 1.66. The molecule has 1 aliphatic rings. The fourth-order valence-electron chi connectivity index (χ4n) is 3.51. The summed E-state index contributed by atoms with van der Waals surface area (Å²) < 4.78 is 2.78. The van der Waals surface area contributed by atoms with Crippen LogP contribution in [-0.4, -0.2) is 56.5 Å². The average molecular weight is 429 g/mol. The zero-order chi connectivity index (χ0) is 19.0. The number of piperidine rings is 1. The second-order valence-corrected chi connectivity index (χ2v) is 7.81. The average Bonchev–Trinajstić information content (AvgIpc) is 3.12. The molecule has 1 fully saturated rings. The molecular weight excluding hydrogens is 408 g/mol. The first-order valence-electron chi connectivity index (χ1n) is 8.93. The van der Waals surface area contributed by atoms with Gasteiger partial charge in [0.2, 0.25) is 5.95 Å². The SMILES string of the molecule is CN(C(=O)c1cncn1C)C1CCN(c2ncc3cc(Br)ccc3n2)CC1. The molecule has 0 radical (unpaired) electrons. The van der Waals surface area contributed by atoms with Crippen molar-refractivity contribution in [1.29, 1.82) is 0 Å². The van der Waals surface area contributed by atoms with Crippen molar-refractivity contribution in [3.05, 3.63) is 47.1 Å². The summed E-state index contributed by atoms with van der Waals surface area (Å²) in [6.07, 6.45) is 6.92. The van der Waals surface area contributed by atoms with E-state index in [1.165, 1.54) is 0 Å². The molecule has 2 aromatic heterocycles. The van der Waals surface area contributed by atoms with Crippen LogP contribution in [0, 0.1) is 0 Å². The van der Waals surface area contributed by atoms with E-state index in [9.17, 15) is 4.79 Å². The third-order valence-corrected chi connectivity index (χ3v) is 5.67. The lowest BCUT2D eigenvalue weighted by molar-refractivity contribution is 0.0699. The smallest absolute Gasteiger partial charge is 0.272 e. The zero-order valence-electron chi connectivity index (χ0n) is 15.3. The topological polar surface area (TPSA) is 67.2 Å². The Kier molecular flexibility index (Phi) is 4.82. The van der Waals surface area contributed by atoms with E-state index in [0.717, 1.165) is 47.3 Å². The number of hydrogen-bond acceptors (Lipinski definition) is 5. The Bertz CT molecular complexity index is 979. The standard InChI is InChI=1S/C19H21BrN6O/c1-24-12-21-11-17(24)18(27)25(2)15-5-7-26(8-6-15)19-22-10-13-9-14(20)3-4-16(13)23-19/h3-4,9-12,15H,5-8H2,1-2H3. The Hall–Kier alpha value is -2.48. The molecule has 0 atom stereocenters. The number of aromatic nitrogens is 4. The van der Waals surface area contributed by atoms with E-state index < -0.39 is 0 Å². The fourth-order valence-corrected chi connectivity index (χ4v) is 3.89. The number of nitrogens with zero attached hydrogens (tertiary/aromatic N) is 6. The van der Waals surface area contributed by atoms with Gasteiger partial charge in [-0.2, -0.15) is 0 Å². The minimum Gasteiger partial charge on any atom is -0.341 e. The highest BCUT2D eigenvalue weighted by atomic mass is 79.9. The van der Waals surface area contributed by atoms with E-state index in [1.54, 1.807) is 17.1 Å². The maximum atomic E-state index is 12.7. The number of rotatable bonds is 3. The summed E-state index contributed by atoms with van der Waals surface area (Å²) in [5.41, 5.74) is 1.55. The van der Waals surface area contributed by atoms with Crippen molar-refractivity contribution >= 4 is 38.7 Å². The summed E-state index contributed by atoms with van der Waals surface area (Å²) in [4.78, 5) is 30.0. The van der Waals surface area contributed by atoms with Crippen molar-refractivity contribution in [3.8, 4) is 0 Å². The van der Waals surface area contributed by atoms with Crippen LogP contribution in [0.2, 0.25) is 0 Å². The maximum Gasteiger partial charge on any atom is 0.272 e. The molecule has 7 nitrogen and oxygen atoms in total. The van der Waals surface area contributed by atoms with E-state index in [2.05, 4.69) is 30.8 Å². The van der Waals surface area contributed by atoms with Crippen LogP contribution in [-0.2, 0) is 7.05 Å². The summed E-state index contributed by atoms with van der Waals surface area (Å²) in [7, 11) is 3.71. The van der Waals surface area contributed by atoms with Gasteiger partial charge in [0.25, 0.3) is 5.91 Å². The van der Waals surface area contributed by atoms with Gasteiger partial charge in [-0.25, -0.2) is 15.0 Å². The highest BCUT2D eigenvalue weighted by Gasteiger charge is 2.28. The molecule has 0 unspecified atom stereocenters. The van der Waals surface area contributed by atoms with E-state index in [1.807, 2.05) is 43.4 Å². The number of carbonyl (C=O) groups excluding carboxylic acids is 1. The minimum absolute atomic E-state index is 0.0148. The van der Waals surface area contributed by atoms with Crippen LogP contribution in [0.1, 0.15) is 23.3 Å². The molecule has 0 bridgehead atoms. The molecule has 0 N–H and O–H groups in total. The molecule has 4 rings (SSSR count). The van der Waals surface area contributed by atoms with Gasteiger partial charge in [-0.3, -0.25) is 4.79 Å². The summed E-state index contributed by atoms with van der Waals surface area (Å²) in [5.74, 6) is 0.768. The van der Waals surface area contributed by atoms with Crippen LogP contribution < -0.4 is 4.90 Å². The molecule has 3 aromatic rings. The molecule has 27 heavy (non-hydrogen) atoms. The summed E-state index contributed by atoms with van der Waals surface area (Å²) in [5, 5.41) is 1.02. The molecule has 140 valence electrons. The first kappa shape index (κ1) is 17.9. The number of fused-ring (bicyclic) bond motifs is 1. The van der Waals surface area contributed by atoms with Crippen LogP contribution in [0.3, 0.4) is 0 Å². The van der Waals surface area contributed by atoms with Gasteiger partial charge >= 0.3 is 0 Å². The van der Waals surface area contributed by atoms with Gasteiger partial charge in [-0.15, -0.1) is 0 Å². The monoisotopic (exact) mass is 428 g/mol. The first-order chi connectivity index (χ1) is 13.0. The van der Waals surface area contributed by atoms with Crippen molar-refractivity contribution in [2.45, 2.75) is 18.9 Å². The lowest BCUT2D eigenvalue weighted by atomic mass is 10.0. The number of imidazole rings is 1. The van der Waals surface area contributed by atoms with Gasteiger partial charge in [-0.05, 0) is 31.0 Å². The largest absolute Gasteiger partial charge is 0.341 e. The van der Waals surface area contributed by atoms with Crippen molar-refractivity contribution in [2.24, 2.45) is 7.05 Å². The summed E-state index contributed by atoms with van der Waals surface area (Å²) >= 11 is 3.47. The number of hydrogen-bond donors (Lipinski definition) is 0. The van der Waals surface area contributed by atoms with Gasteiger partial charge in [0, 0.05) is 49.3 Å². The van der Waals surface area contributed by atoms with Crippen LogP contribution in [0.15, 0.2) is 41.4 Å². The van der Waals surface area contributed by atoms with Crippen LogP contribution in [0.5, 0.6) is 0 Å². The minimum atomic E-state index is 0.0148. The van der Waals surface area contributed by atoms with Crippen LogP contribution >= 0.6 is 15.9 Å². The quantitative estimate of drug-likeness (QED) is 0.641. The van der Waals surface area contributed by atoms with Crippen molar-refractivity contribution in [3.63, 3.8) is 0 Å². The fraction of sp³-hybridized carbons (Fsp3) is 0.368. The van der Waals surface area contributed by atoms with Gasteiger partial charge in [0.05, 0.1) is 18.0 Å². The van der Waals surface area contributed by atoms with E-state index in [4.69, 9.17) is 4.98 Å². The second-order valence-electron chi connectivity index (χ2n) is 6.90. The van der Waals surface area contributed by atoms with Gasteiger partial charge in [-0.1, -0.05) is 15.9 Å². The van der Waals surface area contributed by atoms with Gasteiger partial charge in [0.1, 0.15) is 5.69 Å². The highest BCUT2D eigenvalue weighted by molar-refractivity contribution is 9.10. The molecule has 3 heterocycles. The lowest BCUT2D eigenvalue weighted by Gasteiger charge is -2.36. The van der Waals surface area contributed by atoms with Gasteiger partial charge < -0.3 is 14.4 Å². The van der Waals surface area contributed by atoms with E-state index in [-0.39, 0.29) is 11.9 Å². The van der Waals surface area contributed by atoms with E-state index >= 15 is 0 Å². The van der Waals surface area contributed by atoms with Crippen molar-refractivity contribution in [2.75, 3.05) is 25.0 Å². The maximum absolute atomic E-state index is 12.7. The Morgan fingerprint density at radius 2 is 2.04 bits per heavy atom. The third-order valence-electron chi connectivity index (χ3n) is 5.18. The molecule has 1 saturated heterocycles. The number of anilines is 1. The Morgan fingerprint density at radius 3 is 2.74 bits per heavy atom. The molecule has 0 spiro atoms. The summed E-state index contributed by atoms with van der Waals surface area (Å²) in [6, 6.07) is 6.21. The number of aryl methyl sites for hydroxylation is 1. The van der Waals surface area contributed by atoms with E-state index in [0.29, 0.717) is 5.69 Å². The normalized spacial score (nSPS) is 15.3. The van der Waals surface area contributed by atoms with Crippen molar-refractivity contribution in [1.82, 2.24) is 24.4 Å². The number of halogens is 1. The van der Waals surface area contributed by atoms with Crippen molar-refractivity contribution < 1.29 is 4.79 Å². The Labute approximate surface area is 166 Å². The highest BCUT2D eigenvalue weighted by Crippen LogP contribution is 2.23. The third kappa shape index (κ3) is 3.53. The molecule has 0 aliphatic carbocycles. The molecular formula is C19H21BrN6O. The molecule has 1 aromatic carbocycles. The molecule has 0 saturated carbocycles. The molecule has 1 aliphatic heterocycles. The lowest BCUT2D eigenvalue weighted by Crippen LogP contribution is -2.46. The predicted octanol–water partition coefficient (Wildman–Crippen LogP) is 2.87. The Morgan fingerprint density at radius 1 is 1.26 bits per heavy atom. The predicted molar refractivity (Wildman–Crippen MR) is 108 cm³/mol. The van der Waals surface area contributed by atoms with Crippen LogP contribution in [0.25, 0.3) is 10.9 Å². The Balaban J connectivity index is 1.43. The molecule has 1 amide bonds. The second kappa shape index (κ2) is 7.26.